The molecule has 1 aromatic heterocycles. The van der Waals surface area contributed by atoms with Crippen LogP contribution < -0.4 is 5.32 Å². The molecular formula is C21H19BrN2O2. The number of anilines is 1. The Morgan fingerprint density at radius 3 is 2.38 bits per heavy atom. The number of aliphatic hydroxyl groups excluding tert-OH is 1. The van der Waals surface area contributed by atoms with Crippen molar-refractivity contribution in [1.82, 2.24) is 4.98 Å². The Balaban J connectivity index is 1.92. The average Bonchev–Trinajstić information content (AvgIpc) is 2.66. The summed E-state index contributed by atoms with van der Waals surface area (Å²) in [6, 6.07) is 15.3. The summed E-state index contributed by atoms with van der Waals surface area (Å²) in [6.07, 6.45) is 1.50. The second-order valence-electron chi connectivity index (χ2n) is 6.05. The van der Waals surface area contributed by atoms with Crippen LogP contribution in [-0.4, -0.2) is 16.0 Å². The van der Waals surface area contributed by atoms with Crippen LogP contribution in [-0.2, 0) is 6.61 Å². The van der Waals surface area contributed by atoms with Crippen LogP contribution in [0.1, 0.15) is 27.2 Å². The molecule has 132 valence electrons. The number of carbonyl (C=O) groups excluding carboxylic acids is 1. The third kappa shape index (κ3) is 3.69. The average molecular weight is 411 g/mol. The van der Waals surface area contributed by atoms with E-state index < -0.39 is 0 Å². The van der Waals surface area contributed by atoms with Crippen molar-refractivity contribution in [2.45, 2.75) is 20.5 Å². The number of amides is 1. The molecule has 0 fully saturated rings. The molecule has 0 saturated heterocycles. The molecule has 1 heterocycles. The summed E-state index contributed by atoms with van der Waals surface area (Å²) in [5.41, 5.74) is 6.08. The Morgan fingerprint density at radius 1 is 1.04 bits per heavy atom. The van der Waals surface area contributed by atoms with Crippen molar-refractivity contribution in [3.63, 3.8) is 0 Å². The molecule has 0 saturated carbocycles. The van der Waals surface area contributed by atoms with Crippen LogP contribution in [0.5, 0.6) is 0 Å². The third-order valence-electron chi connectivity index (χ3n) is 4.38. The Kier molecular flexibility index (Phi) is 5.49. The molecule has 0 aliphatic rings. The molecule has 0 radical (unpaired) electrons. The normalized spacial score (nSPS) is 10.6. The predicted molar refractivity (Wildman–Crippen MR) is 107 cm³/mol. The Labute approximate surface area is 161 Å². The van der Waals surface area contributed by atoms with Gasteiger partial charge in [-0.1, -0.05) is 46.3 Å². The van der Waals surface area contributed by atoms with Crippen LogP contribution in [0.4, 0.5) is 5.69 Å². The highest BCUT2D eigenvalue weighted by Gasteiger charge is 2.13. The summed E-state index contributed by atoms with van der Waals surface area (Å²) in [4.78, 5) is 16.6. The fourth-order valence-corrected chi connectivity index (χ4v) is 3.17. The minimum absolute atomic E-state index is 0.0952. The van der Waals surface area contributed by atoms with Gasteiger partial charge in [0.1, 0.15) is 5.69 Å². The Morgan fingerprint density at radius 2 is 1.73 bits per heavy atom. The van der Waals surface area contributed by atoms with Gasteiger partial charge in [-0.2, -0.15) is 0 Å². The first-order valence-electron chi connectivity index (χ1n) is 8.23. The van der Waals surface area contributed by atoms with Gasteiger partial charge in [0.25, 0.3) is 5.91 Å². The van der Waals surface area contributed by atoms with Crippen LogP contribution in [0.15, 0.2) is 59.2 Å². The second kappa shape index (κ2) is 7.81. The molecule has 0 spiro atoms. The number of benzene rings is 2. The number of nitrogens with one attached hydrogen (secondary N) is 1. The highest BCUT2D eigenvalue weighted by molar-refractivity contribution is 9.10. The van der Waals surface area contributed by atoms with Gasteiger partial charge in [0.15, 0.2) is 0 Å². The van der Waals surface area contributed by atoms with Gasteiger partial charge in [0.05, 0.1) is 6.61 Å². The topological polar surface area (TPSA) is 62.2 Å². The zero-order valence-electron chi connectivity index (χ0n) is 14.6. The van der Waals surface area contributed by atoms with E-state index in [1.54, 1.807) is 12.1 Å². The molecule has 5 heteroatoms. The number of aromatic nitrogens is 1. The van der Waals surface area contributed by atoms with Gasteiger partial charge in [-0.25, -0.2) is 0 Å². The SMILES string of the molecule is Cc1c(Br)cccc1-c1cccc(NC(=O)c2ccc(CO)cn2)c1C. The predicted octanol–water partition coefficient (Wildman–Crippen LogP) is 4.87. The monoisotopic (exact) mass is 410 g/mol. The minimum Gasteiger partial charge on any atom is -0.392 e. The van der Waals surface area contributed by atoms with E-state index in [-0.39, 0.29) is 12.5 Å². The van der Waals surface area contributed by atoms with Crippen LogP contribution in [0, 0.1) is 13.8 Å². The molecule has 1 amide bonds. The highest BCUT2D eigenvalue weighted by atomic mass is 79.9. The summed E-state index contributed by atoms with van der Waals surface area (Å²) >= 11 is 3.57. The van der Waals surface area contributed by atoms with Crippen molar-refractivity contribution in [1.29, 1.82) is 0 Å². The van der Waals surface area contributed by atoms with Crippen molar-refractivity contribution in [2.75, 3.05) is 5.32 Å². The highest BCUT2D eigenvalue weighted by Crippen LogP contribution is 2.33. The summed E-state index contributed by atoms with van der Waals surface area (Å²) in [5.74, 6) is -0.277. The number of pyridine rings is 1. The van der Waals surface area contributed by atoms with E-state index in [0.717, 1.165) is 32.4 Å². The van der Waals surface area contributed by atoms with Crippen molar-refractivity contribution < 1.29 is 9.90 Å². The largest absolute Gasteiger partial charge is 0.392 e. The van der Waals surface area contributed by atoms with Crippen molar-refractivity contribution in [3.05, 3.63) is 81.6 Å². The smallest absolute Gasteiger partial charge is 0.274 e. The van der Waals surface area contributed by atoms with E-state index in [4.69, 9.17) is 5.11 Å². The lowest BCUT2D eigenvalue weighted by Crippen LogP contribution is -2.14. The Bertz CT molecular complexity index is 953. The molecule has 2 N–H and O–H groups in total. The molecular weight excluding hydrogens is 392 g/mol. The maximum absolute atomic E-state index is 12.5. The summed E-state index contributed by atoms with van der Waals surface area (Å²) in [7, 11) is 0. The fourth-order valence-electron chi connectivity index (χ4n) is 2.80. The number of carbonyl (C=O) groups is 1. The molecule has 3 rings (SSSR count). The van der Waals surface area contributed by atoms with E-state index in [2.05, 4.69) is 39.2 Å². The molecule has 3 aromatic rings. The molecule has 0 bridgehead atoms. The van der Waals surface area contributed by atoms with Gasteiger partial charge in [0.2, 0.25) is 0 Å². The lowest BCUT2D eigenvalue weighted by molar-refractivity contribution is 0.102. The van der Waals surface area contributed by atoms with Crippen LogP contribution in [0.25, 0.3) is 11.1 Å². The van der Waals surface area contributed by atoms with Crippen molar-refractivity contribution in [3.8, 4) is 11.1 Å². The first kappa shape index (κ1) is 18.3. The number of aliphatic hydroxyl groups is 1. The molecule has 0 aliphatic carbocycles. The molecule has 0 atom stereocenters. The van der Waals surface area contributed by atoms with E-state index in [1.165, 1.54) is 6.20 Å². The fraction of sp³-hybridized carbons (Fsp3) is 0.143. The van der Waals surface area contributed by atoms with E-state index >= 15 is 0 Å². The van der Waals surface area contributed by atoms with E-state index in [9.17, 15) is 4.79 Å². The van der Waals surface area contributed by atoms with Crippen LogP contribution in [0.2, 0.25) is 0 Å². The lowest BCUT2D eigenvalue weighted by atomic mass is 9.95. The van der Waals surface area contributed by atoms with Crippen LogP contribution in [0.3, 0.4) is 0 Å². The number of nitrogens with zero attached hydrogens (tertiary/aromatic N) is 1. The number of hydrogen-bond donors (Lipinski definition) is 2. The van der Waals surface area contributed by atoms with Gasteiger partial charge in [-0.3, -0.25) is 9.78 Å². The Hall–Kier alpha value is -2.50. The molecule has 4 nitrogen and oxygen atoms in total. The summed E-state index contributed by atoms with van der Waals surface area (Å²) in [6.45, 7) is 3.96. The van der Waals surface area contributed by atoms with Gasteiger partial charge in [-0.15, -0.1) is 0 Å². The molecule has 0 unspecified atom stereocenters. The molecule has 0 aliphatic heterocycles. The maximum Gasteiger partial charge on any atom is 0.274 e. The minimum atomic E-state index is -0.277. The second-order valence-corrected chi connectivity index (χ2v) is 6.91. The summed E-state index contributed by atoms with van der Waals surface area (Å²) in [5, 5.41) is 12.0. The number of halogens is 1. The zero-order valence-corrected chi connectivity index (χ0v) is 16.2. The lowest BCUT2D eigenvalue weighted by Gasteiger charge is -2.15. The van der Waals surface area contributed by atoms with Crippen LogP contribution >= 0.6 is 15.9 Å². The third-order valence-corrected chi connectivity index (χ3v) is 5.24. The first-order valence-corrected chi connectivity index (χ1v) is 9.03. The number of hydrogen-bond acceptors (Lipinski definition) is 3. The maximum atomic E-state index is 12.5. The molecule has 2 aromatic carbocycles. The van der Waals surface area contributed by atoms with Gasteiger partial charge in [0, 0.05) is 16.4 Å². The first-order chi connectivity index (χ1) is 12.5. The van der Waals surface area contributed by atoms with Crippen molar-refractivity contribution >= 4 is 27.5 Å². The number of rotatable bonds is 4. The van der Waals surface area contributed by atoms with Crippen molar-refractivity contribution in [2.24, 2.45) is 0 Å². The zero-order chi connectivity index (χ0) is 18.7. The standard InChI is InChI=1S/C21H19BrN2O2/c1-13-16(5-3-7-18(13)22)17-6-4-8-19(14(17)2)24-21(26)20-10-9-15(12-25)11-23-20/h3-11,25H,12H2,1-2H3,(H,24,26). The van der Waals surface area contributed by atoms with Gasteiger partial charge >= 0.3 is 0 Å². The van der Waals surface area contributed by atoms with Gasteiger partial charge in [-0.05, 0) is 59.9 Å². The van der Waals surface area contributed by atoms with E-state index in [1.807, 2.05) is 37.3 Å². The van der Waals surface area contributed by atoms with E-state index in [0.29, 0.717) is 11.3 Å². The van der Waals surface area contributed by atoms with Gasteiger partial charge < -0.3 is 10.4 Å². The quantitative estimate of drug-likeness (QED) is 0.644. The summed E-state index contributed by atoms with van der Waals surface area (Å²) < 4.78 is 1.05. The molecule has 26 heavy (non-hydrogen) atoms.